The van der Waals surface area contributed by atoms with Gasteiger partial charge in [-0.2, -0.15) is 5.10 Å². The number of rotatable bonds is 8. The summed E-state index contributed by atoms with van der Waals surface area (Å²) >= 11 is 0. The highest BCUT2D eigenvalue weighted by Crippen LogP contribution is 2.09. The number of carbonyl (C=O) groups is 1. The summed E-state index contributed by atoms with van der Waals surface area (Å²) in [6, 6.07) is 10.7. The van der Waals surface area contributed by atoms with Crippen molar-refractivity contribution in [2.24, 2.45) is 7.05 Å². The lowest BCUT2D eigenvalue weighted by atomic mass is 10.0. The van der Waals surface area contributed by atoms with Gasteiger partial charge in [-0.3, -0.25) is 14.4 Å². The molecule has 2 rings (SSSR count). The molecule has 0 unspecified atom stereocenters. The van der Waals surface area contributed by atoms with Crippen LogP contribution in [0.5, 0.6) is 0 Å². The molecule has 1 aromatic carbocycles. The lowest BCUT2D eigenvalue weighted by molar-refractivity contribution is 0.0934. The molecule has 0 radical (unpaired) electrons. The van der Waals surface area contributed by atoms with Crippen molar-refractivity contribution in [2.75, 3.05) is 19.6 Å². The molecule has 0 aliphatic rings. The Hall–Kier alpha value is -2.14. The van der Waals surface area contributed by atoms with Gasteiger partial charge in [0.15, 0.2) is 0 Å². The van der Waals surface area contributed by atoms with Crippen molar-refractivity contribution in [3.63, 3.8) is 0 Å². The summed E-state index contributed by atoms with van der Waals surface area (Å²) in [5, 5.41) is 7.09. The van der Waals surface area contributed by atoms with Gasteiger partial charge >= 0.3 is 0 Å². The molecule has 0 saturated heterocycles. The van der Waals surface area contributed by atoms with Gasteiger partial charge < -0.3 is 5.32 Å². The van der Waals surface area contributed by atoms with Crippen LogP contribution in [-0.2, 0) is 13.5 Å². The van der Waals surface area contributed by atoms with Crippen LogP contribution in [0, 0.1) is 0 Å². The van der Waals surface area contributed by atoms with Gasteiger partial charge in [0.25, 0.3) is 5.91 Å². The predicted octanol–water partition coefficient (Wildman–Crippen LogP) is 2.10. The van der Waals surface area contributed by atoms with E-state index in [1.165, 1.54) is 5.56 Å². The summed E-state index contributed by atoms with van der Waals surface area (Å²) in [7, 11) is 1.81. The number of carbonyl (C=O) groups excluding carboxylic acids is 1. The van der Waals surface area contributed by atoms with Crippen LogP contribution in [0.1, 0.15) is 29.8 Å². The van der Waals surface area contributed by atoms with Crippen molar-refractivity contribution in [3.05, 3.63) is 53.9 Å². The number of amides is 1. The maximum absolute atomic E-state index is 12.2. The molecule has 5 nitrogen and oxygen atoms in total. The molecule has 1 aromatic heterocycles. The summed E-state index contributed by atoms with van der Waals surface area (Å²) in [6.45, 7) is 6.88. The van der Waals surface area contributed by atoms with Crippen LogP contribution in [0.2, 0.25) is 0 Å². The van der Waals surface area contributed by atoms with E-state index in [2.05, 4.69) is 53.4 Å². The average Bonchev–Trinajstić information content (AvgIpc) is 3.00. The minimum atomic E-state index is -0.0664. The Balaban J connectivity index is 2.01. The number of benzene rings is 1. The molecular formula is C18H26N4O. The number of likely N-dealkylation sites (N-methyl/N-ethyl adjacent to an activating group) is 1. The average molecular weight is 314 g/mol. The molecule has 1 atom stereocenters. The first-order valence-electron chi connectivity index (χ1n) is 8.18. The fourth-order valence-electron chi connectivity index (χ4n) is 2.81. The predicted molar refractivity (Wildman–Crippen MR) is 92.4 cm³/mol. The number of hydrogen-bond acceptors (Lipinski definition) is 3. The van der Waals surface area contributed by atoms with E-state index in [0.717, 1.165) is 19.5 Å². The van der Waals surface area contributed by atoms with Gasteiger partial charge in [0.2, 0.25) is 0 Å². The van der Waals surface area contributed by atoms with E-state index in [0.29, 0.717) is 12.1 Å². The molecule has 2 aromatic rings. The second kappa shape index (κ2) is 8.48. The van der Waals surface area contributed by atoms with Gasteiger partial charge in [-0.1, -0.05) is 44.2 Å². The Morgan fingerprint density at radius 2 is 1.96 bits per heavy atom. The van der Waals surface area contributed by atoms with E-state index in [4.69, 9.17) is 0 Å². The van der Waals surface area contributed by atoms with E-state index < -0.39 is 0 Å². The molecule has 1 amide bonds. The maximum Gasteiger partial charge on any atom is 0.254 e. The van der Waals surface area contributed by atoms with Crippen LogP contribution in [-0.4, -0.2) is 46.3 Å². The Labute approximate surface area is 138 Å². The largest absolute Gasteiger partial charge is 0.350 e. The maximum atomic E-state index is 12.2. The van der Waals surface area contributed by atoms with E-state index in [-0.39, 0.29) is 11.9 Å². The van der Waals surface area contributed by atoms with Crippen molar-refractivity contribution in [1.29, 1.82) is 0 Å². The van der Waals surface area contributed by atoms with Crippen LogP contribution in [0.3, 0.4) is 0 Å². The number of aryl methyl sites for hydroxylation is 1. The minimum Gasteiger partial charge on any atom is -0.350 e. The van der Waals surface area contributed by atoms with Crippen LogP contribution in [0.25, 0.3) is 0 Å². The second-order valence-electron chi connectivity index (χ2n) is 5.68. The van der Waals surface area contributed by atoms with Crippen molar-refractivity contribution >= 4 is 5.91 Å². The molecule has 1 heterocycles. The van der Waals surface area contributed by atoms with Crippen LogP contribution >= 0.6 is 0 Å². The van der Waals surface area contributed by atoms with Gasteiger partial charge in [-0.25, -0.2) is 0 Å². The smallest absolute Gasteiger partial charge is 0.254 e. The SMILES string of the molecule is CCN(CC)[C@@H](CNC(=O)c1cnn(C)c1)Cc1ccccc1. The fourth-order valence-corrected chi connectivity index (χ4v) is 2.81. The van der Waals surface area contributed by atoms with Gasteiger partial charge in [0.1, 0.15) is 0 Å². The lowest BCUT2D eigenvalue weighted by Crippen LogP contribution is -2.45. The van der Waals surface area contributed by atoms with Crippen LogP contribution in [0.4, 0.5) is 0 Å². The first-order chi connectivity index (χ1) is 11.1. The number of nitrogens with zero attached hydrogens (tertiary/aromatic N) is 3. The molecule has 0 spiro atoms. The summed E-state index contributed by atoms with van der Waals surface area (Å²) < 4.78 is 1.64. The highest BCUT2D eigenvalue weighted by atomic mass is 16.1. The minimum absolute atomic E-state index is 0.0664. The standard InChI is InChI=1S/C18H26N4O/c1-4-22(5-2)17(11-15-9-7-6-8-10-15)13-19-18(23)16-12-20-21(3)14-16/h6-10,12,14,17H,4-5,11,13H2,1-3H3,(H,19,23)/t17-/m1/s1. The number of aromatic nitrogens is 2. The third kappa shape index (κ3) is 4.93. The van der Waals surface area contributed by atoms with Crippen LogP contribution < -0.4 is 5.32 Å². The quantitative estimate of drug-likeness (QED) is 0.812. The second-order valence-corrected chi connectivity index (χ2v) is 5.68. The summed E-state index contributed by atoms with van der Waals surface area (Å²) in [4.78, 5) is 14.6. The monoisotopic (exact) mass is 314 g/mol. The molecule has 0 aliphatic heterocycles. The number of nitrogens with one attached hydrogen (secondary N) is 1. The van der Waals surface area contributed by atoms with Gasteiger partial charge in [0, 0.05) is 25.8 Å². The normalized spacial score (nSPS) is 12.3. The number of hydrogen-bond donors (Lipinski definition) is 1. The van der Waals surface area contributed by atoms with Crippen molar-refractivity contribution in [1.82, 2.24) is 20.0 Å². The topological polar surface area (TPSA) is 50.2 Å². The van der Waals surface area contributed by atoms with E-state index in [9.17, 15) is 4.79 Å². The molecule has 0 bridgehead atoms. The fraction of sp³-hybridized carbons (Fsp3) is 0.444. The third-order valence-electron chi connectivity index (χ3n) is 4.11. The highest BCUT2D eigenvalue weighted by molar-refractivity contribution is 5.93. The molecular weight excluding hydrogens is 288 g/mol. The van der Waals surface area contributed by atoms with E-state index in [1.807, 2.05) is 13.1 Å². The Morgan fingerprint density at radius 3 is 2.52 bits per heavy atom. The van der Waals surface area contributed by atoms with Crippen molar-refractivity contribution in [2.45, 2.75) is 26.3 Å². The first-order valence-corrected chi connectivity index (χ1v) is 8.18. The van der Waals surface area contributed by atoms with E-state index in [1.54, 1.807) is 17.1 Å². The summed E-state index contributed by atoms with van der Waals surface area (Å²) in [5.41, 5.74) is 1.89. The third-order valence-corrected chi connectivity index (χ3v) is 4.11. The highest BCUT2D eigenvalue weighted by Gasteiger charge is 2.18. The zero-order valence-corrected chi connectivity index (χ0v) is 14.2. The van der Waals surface area contributed by atoms with Gasteiger partial charge in [-0.15, -0.1) is 0 Å². The molecule has 124 valence electrons. The zero-order chi connectivity index (χ0) is 16.7. The van der Waals surface area contributed by atoms with Crippen molar-refractivity contribution in [3.8, 4) is 0 Å². The van der Waals surface area contributed by atoms with Gasteiger partial charge in [0.05, 0.1) is 11.8 Å². The first kappa shape index (κ1) is 17.2. The molecule has 23 heavy (non-hydrogen) atoms. The van der Waals surface area contributed by atoms with Crippen LogP contribution in [0.15, 0.2) is 42.7 Å². The Kier molecular flexibility index (Phi) is 6.35. The molecule has 0 aliphatic carbocycles. The molecule has 1 N–H and O–H groups in total. The van der Waals surface area contributed by atoms with Gasteiger partial charge in [-0.05, 0) is 25.1 Å². The Bertz CT molecular complexity index is 604. The van der Waals surface area contributed by atoms with Crippen molar-refractivity contribution < 1.29 is 4.79 Å². The lowest BCUT2D eigenvalue weighted by Gasteiger charge is -2.30. The zero-order valence-electron chi connectivity index (χ0n) is 14.2. The van der Waals surface area contributed by atoms with E-state index >= 15 is 0 Å². The summed E-state index contributed by atoms with van der Waals surface area (Å²) in [6.07, 6.45) is 4.26. The summed E-state index contributed by atoms with van der Waals surface area (Å²) in [5.74, 6) is -0.0664. The molecule has 0 fully saturated rings. The molecule has 5 heteroatoms. The Morgan fingerprint density at radius 1 is 1.26 bits per heavy atom. The molecule has 0 saturated carbocycles.